The number of hydrogen-bond donors (Lipinski definition) is 1. The number of hydrogen-bond acceptors (Lipinski definition) is 2. The van der Waals surface area contributed by atoms with Crippen LogP contribution in [-0.2, 0) is 22.3 Å². The molecule has 7 heteroatoms. The second kappa shape index (κ2) is 9.35. The van der Waals surface area contributed by atoms with Crippen LogP contribution in [-0.4, -0.2) is 29.8 Å². The first-order valence-electron chi connectivity index (χ1n) is 10.7. The molecule has 1 aliphatic rings. The Kier molecular flexibility index (Phi) is 6.96. The zero-order valence-electron chi connectivity index (χ0n) is 18.6. The molecule has 1 aliphatic heterocycles. The van der Waals surface area contributed by atoms with Gasteiger partial charge in [-0.05, 0) is 22.6 Å². The lowest BCUT2D eigenvalue weighted by Gasteiger charge is -2.23. The van der Waals surface area contributed by atoms with Crippen LogP contribution in [0.3, 0.4) is 0 Å². The summed E-state index contributed by atoms with van der Waals surface area (Å²) in [4.78, 5) is 27.5. The molecule has 32 heavy (non-hydrogen) atoms. The van der Waals surface area contributed by atoms with Crippen molar-refractivity contribution >= 4 is 11.8 Å². The van der Waals surface area contributed by atoms with E-state index in [2.05, 4.69) is 5.32 Å². The Morgan fingerprint density at radius 2 is 1.69 bits per heavy atom. The summed E-state index contributed by atoms with van der Waals surface area (Å²) < 4.78 is 39.8. The standard InChI is InChI=1S/C25H29F3N2O2/c1-24(2,3)13-22(31)30-15-20(18-10-7-11-19(12-18)25(26,27)28)21(16-30)23(32)29-14-17-8-5-4-6-9-17/h4-12,20-21H,13-16H2,1-3H3,(H,29,32)/t20-,21+/m0/s1. The molecule has 2 amide bonds. The molecule has 0 saturated carbocycles. The van der Waals surface area contributed by atoms with Crippen molar-refractivity contribution in [3.63, 3.8) is 0 Å². The Bertz CT molecular complexity index is 952. The lowest BCUT2D eigenvalue weighted by atomic mass is 9.87. The predicted molar refractivity (Wildman–Crippen MR) is 117 cm³/mol. The van der Waals surface area contributed by atoms with Crippen LogP contribution in [0.25, 0.3) is 0 Å². The quantitative estimate of drug-likeness (QED) is 0.703. The molecule has 0 unspecified atom stereocenters. The van der Waals surface area contributed by atoms with Gasteiger partial charge >= 0.3 is 6.18 Å². The molecule has 2 aromatic carbocycles. The van der Waals surface area contributed by atoms with Crippen molar-refractivity contribution in [2.45, 2.75) is 45.8 Å². The number of benzene rings is 2. The van der Waals surface area contributed by atoms with Gasteiger partial charge in [0.1, 0.15) is 0 Å². The van der Waals surface area contributed by atoms with Crippen molar-refractivity contribution in [3.8, 4) is 0 Å². The number of nitrogens with zero attached hydrogens (tertiary/aromatic N) is 1. The molecule has 1 heterocycles. The molecule has 0 bridgehead atoms. The van der Waals surface area contributed by atoms with E-state index in [0.717, 1.165) is 17.7 Å². The maximum atomic E-state index is 13.3. The first-order valence-corrected chi connectivity index (χ1v) is 10.7. The minimum absolute atomic E-state index is 0.0900. The molecule has 2 aromatic rings. The molecule has 0 aliphatic carbocycles. The smallest absolute Gasteiger partial charge is 0.352 e. The number of halogens is 3. The molecule has 0 aromatic heterocycles. The highest BCUT2D eigenvalue weighted by Crippen LogP contribution is 2.37. The van der Waals surface area contributed by atoms with Crippen LogP contribution < -0.4 is 5.32 Å². The number of carbonyl (C=O) groups excluding carboxylic acids is 2. The van der Waals surface area contributed by atoms with Gasteiger partial charge in [0.05, 0.1) is 11.5 Å². The van der Waals surface area contributed by atoms with Crippen LogP contribution in [0.15, 0.2) is 54.6 Å². The Morgan fingerprint density at radius 1 is 1.00 bits per heavy atom. The van der Waals surface area contributed by atoms with Crippen LogP contribution in [0.1, 0.15) is 49.8 Å². The Morgan fingerprint density at radius 3 is 2.31 bits per heavy atom. The van der Waals surface area contributed by atoms with E-state index in [9.17, 15) is 22.8 Å². The number of carbonyl (C=O) groups is 2. The van der Waals surface area contributed by atoms with Gasteiger partial charge in [-0.2, -0.15) is 13.2 Å². The average Bonchev–Trinajstić information content (AvgIpc) is 3.17. The molecule has 1 N–H and O–H groups in total. The van der Waals surface area contributed by atoms with Crippen LogP contribution in [0.5, 0.6) is 0 Å². The van der Waals surface area contributed by atoms with E-state index in [1.165, 1.54) is 6.07 Å². The Hall–Kier alpha value is -2.83. The number of rotatable bonds is 5. The third-order valence-corrected chi connectivity index (χ3v) is 5.64. The summed E-state index contributed by atoms with van der Waals surface area (Å²) in [7, 11) is 0. The topological polar surface area (TPSA) is 49.4 Å². The lowest BCUT2D eigenvalue weighted by molar-refractivity contribution is -0.137. The van der Waals surface area contributed by atoms with E-state index in [1.807, 2.05) is 51.1 Å². The van der Waals surface area contributed by atoms with Gasteiger partial charge in [0.2, 0.25) is 11.8 Å². The number of likely N-dealkylation sites (tertiary alicyclic amines) is 1. The molecule has 4 nitrogen and oxygen atoms in total. The molecule has 1 saturated heterocycles. The van der Waals surface area contributed by atoms with E-state index in [1.54, 1.807) is 11.0 Å². The van der Waals surface area contributed by atoms with Crippen LogP contribution in [0, 0.1) is 11.3 Å². The molecule has 172 valence electrons. The van der Waals surface area contributed by atoms with E-state index >= 15 is 0 Å². The van der Waals surface area contributed by atoms with E-state index in [-0.39, 0.29) is 30.3 Å². The summed E-state index contributed by atoms with van der Waals surface area (Å²) in [5.74, 6) is -1.47. The summed E-state index contributed by atoms with van der Waals surface area (Å²) in [6.07, 6.45) is -4.16. The molecular weight excluding hydrogens is 417 g/mol. The highest BCUT2D eigenvalue weighted by molar-refractivity contribution is 5.83. The second-order valence-electron chi connectivity index (χ2n) is 9.58. The van der Waals surface area contributed by atoms with Crippen LogP contribution in [0.2, 0.25) is 0 Å². The van der Waals surface area contributed by atoms with Crippen molar-refractivity contribution in [1.82, 2.24) is 10.2 Å². The third kappa shape index (κ3) is 6.11. The zero-order chi connectivity index (χ0) is 23.5. The van der Waals surface area contributed by atoms with Gasteiger partial charge in [0.15, 0.2) is 0 Å². The van der Waals surface area contributed by atoms with Crippen molar-refractivity contribution in [2.24, 2.45) is 11.3 Å². The molecule has 1 fully saturated rings. The predicted octanol–water partition coefficient (Wildman–Crippen LogP) is 5.00. The number of alkyl halides is 3. The Balaban J connectivity index is 1.83. The first kappa shape index (κ1) is 23.8. The van der Waals surface area contributed by atoms with E-state index < -0.39 is 23.6 Å². The molecule has 0 radical (unpaired) electrons. The minimum Gasteiger partial charge on any atom is -0.352 e. The summed E-state index contributed by atoms with van der Waals surface area (Å²) in [5.41, 5.74) is 0.370. The second-order valence-corrected chi connectivity index (χ2v) is 9.58. The molecule has 0 spiro atoms. The average molecular weight is 447 g/mol. The van der Waals surface area contributed by atoms with Crippen molar-refractivity contribution in [3.05, 3.63) is 71.3 Å². The molecule has 2 atom stereocenters. The highest BCUT2D eigenvalue weighted by Gasteiger charge is 2.41. The third-order valence-electron chi connectivity index (χ3n) is 5.64. The van der Waals surface area contributed by atoms with Crippen LogP contribution in [0.4, 0.5) is 13.2 Å². The van der Waals surface area contributed by atoms with Crippen LogP contribution >= 0.6 is 0 Å². The Labute approximate surface area is 186 Å². The van der Waals surface area contributed by atoms with Crippen molar-refractivity contribution < 1.29 is 22.8 Å². The minimum atomic E-state index is -4.47. The fourth-order valence-corrected chi connectivity index (χ4v) is 4.04. The molecular formula is C25H29F3N2O2. The fourth-order valence-electron chi connectivity index (χ4n) is 4.04. The summed E-state index contributed by atoms with van der Waals surface area (Å²) in [6, 6.07) is 14.5. The van der Waals surface area contributed by atoms with Gasteiger partial charge in [0, 0.05) is 32.0 Å². The lowest BCUT2D eigenvalue weighted by Crippen LogP contribution is -2.36. The zero-order valence-corrected chi connectivity index (χ0v) is 18.6. The van der Waals surface area contributed by atoms with Gasteiger partial charge in [-0.25, -0.2) is 0 Å². The number of nitrogens with one attached hydrogen (secondary N) is 1. The van der Waals surface area contributed by atoms with E-state index in [4.69, 9.17) is 0 Å². The van der Waals surface area contributed by atoms with Gasteiger partial charge in [-0.1, -0.05) is 69.3 Å². The van der Waals surface area contributed by atoms with Crippen molar-refractivity contribution in [1.29, 1.82) is 0 Å². The highest BCUT2D eigenvalue weighted by atomic mass is 19.4. The maximum Gasteiger partial charge on any atom is 0.416 e. The largest absolute Gasteiger partial charge is 0.416 e. The SMILES string of the molecule is CC(C)(C)CC(=O)N1C[C@@H](C(=O)NCc2ccccc2)[C@H](c2cccc(C(F)(F)F)c2)C1. The number of amides is 2. The van der Waals surface area contributed by atoms with Gasteiger partial charge in [-0.15, -0.1) is 0 Å². The van der Waals surface area contributed by atoms with Gasteiger partial charge < -0.3 is 10.2 Å². The summed E-state index contributed by atoms with van der Waals surface area (Å²) in [6.45, 7) is 6.59. The van der Waals surface area contributed by atoms with Crippen molar-refractivity contribution in [2.75, 3.05) is 13.1 Å². The summed E-state index contributed by atoms with van der Waals surface area (Å²) in [5, 5.41) is 2.89. The molecule has 3 rings (SSSR count). The summed E-state index contributed by atoms with van der Waals surface area (Å²) >= 11 is 0. The monoisotopic (exact) mass is 446 g/mol. The normalized spacial score (nSPS) is 19.1. The maximum absolute atomic E-state index is 13.3. The van der Waals surface area contributed by atoms with E-state index in [0.29, 0.717) is 18.5 Å². The first-order chi connectivity index (χ1) is 14.9. The van der Waals surface area contributed by atoms with Gasteiger partial charge in [-0.3, -0.25) is 9.59 Å². The fraction of sp³-hybridized carbons (Fsp3) is 0.440. The van der Waals surface area contributed by atoms with Gasteiger partial charge in [0.25, 0.3) is 0 Å².